The summed E-state index contributed by atoms with van der Waals surface area (Å²) in [7, 11) is 0. The van der Waals surface area contributed by atoms with Crippen molar-refractivity contribution in [3.05, 3.63) is 70.2 Å². The van der Waals surface area contributed by atoms with E-state index in [1.54, 1.807) is 0 Å². The largest absolute Gasteiger partial charge is 0.356 e. The van der Waals surface area contributed by atoms with Crippen LogP contribution in [0.4, 0.5) is 4.79 Å². The SMILES string of the molecule is O=C(CCNC(=O)CCC1C(=O)N(Cc2ccccc2)C(=O)N1Cc1ccc(Br)cc1)NO. The highest BCUT2D eigenvalue weighted by Gasteiger charge is 2.44. The molecule has 3 N–H and O–H groups in total. The number of hydrogen-bond donors (Lipinski definition) is 3. The second-order valence-electron chi connectivity index (χ2n) is 7.64. The van der Waals surface area contributed by atoms with Crippen molar-refractivity contribution in [3.8, 4) is 0 Å². The van der Waals surface area contributed by atoms with Crippen LogP contribution in [0.5, 0.6) is 0 Å². The quantitative estimate of drug-likeness (QED) is 0.254. The highest BCUT2D eigenvalue weighted by Crippen LogP contribution is 2.26. The van der Waals surface area contributed by atoms with Crippen molar-refractivity contribution in [2.24, 2.45) is 0 Å². The summed E-state index contributed by atoms with van der Waals surface area (Å²) >= 11 is 3.39. The van der Waals surface area contributed by atoms with Gasteiger partial charge in [-0.25, -0.2) is 10.3 Å². The summed E-state index contributed by atoms with van der Waals surface area (Å²) in [5.41, 5.74) is 3.20. The third-order valence-electron chi connectivity index (χ3n) is 5.30. The number of carbonyl (C=O) groups is 4. The second-order valence-corrected chi connectivity index (χ2v) is 8.55. The van der Waals surface area contributed by atoms with E-state index in [2.05, 4.69) is 21.2 Å². The maximum absolute atomic E-state index is 13.2. The Morgan fingerprint density at radius 3 is 2.24 bits per heavy atom. The van der Waals surface area contributed by atoms with E-state index in [1.165, 1.54) is 15.3 Å². The first kappa shape index (κ1) is 24.4. The number of carbonyl (C=O) groups excluding carboxylic acids is 4. The Kier molecular flexibility index (Phi) is 8.56. The lowest BCUT2D eigenvalue weighted by atomic mass is 10.1. The summed E-state index contributed by atoms with van der Waals surface area (Å²) in [6, 6.07) is 15.6. The van der Waals surface area contributed by atoms with Gasteiger partial charge in [0.15, 0.2) is 0 Å². The van der Waals surface area contributed by atoms with E-state index in [-0.39, 0.29) is 50.7 Å². The van der Waals surface area contributed by atoms with Gasteiger partial charge in [-0.2, -0.15) is 0 Å². The van der Waals surface area contributed by atoms with Gasteiger partial charge in [0.05, 0.1) is 6.54 Å². The number of amides is 5. The fourth-order valence-electron chi connectivity index (χ4n) is 3.58. The first-order chi connectivity index (χ1) is 15.9. The summed E-state index contributed by atoms with van der Waals surface area (Å²) in [4.78, 5) is 52.3. The molecule has 1 unspecified atom stereocenters. The molecule has 5 amide bonds. The molecule has 0 radical (unpaired) electrons. The number of nitrogens with zero attached hydrogens (tertiary/aromatic N) is 2. The highest BCUT2D eigenvalue weighted by molar-refractivity contribution is 9.10. The topological polar surface area (TPSA) is 119 Å². The Hall–Kier alpha value is -3.24. The molecule has 2 aromatic rings. The standard InChI is InChI=1S/C23H25BrN4O5/c24-18-8-6-17(7-9-18)14-27-19(10-11-20(29)25-13-12-21(30)26-33)22(31)28(23(27)32)15-16-4-2-1-3-5-16/h1-9,19,33H,10-15H2,(H,25,29)(H,26,30). The summed E-state index contributed by atoms with van der Waals surface area (Å²) in [6.45, 7) is 0.464. The molecule has 174 valence electrons. The van der Waals surface area contributed by atoms with Gasteiger partial charge in [0, 0.05) is 30.4 Å². The molecule has 0 saturated carbocycles. The molecule has 33 heavy (non-hydrogen) atoms. The van der Waals surface area contributed by atoms with Gasteiger partial charge in [-0.3, -0.25) is 24.5 Å². The third kappa shape index (κ3) is 6.62. The van der Waals surface area contributed by atoms with E-state index >= 15 is 0 Å². The van der Waals surface area contributed by atoms with Crippen LogP contribution in [0.1, 0.15) is 30.4 Å². The van der Waals surface area contributed by atoms with Gasteiger partial charge >= 0.3 is 6.03 Å². The Morgan fingerprint density at radius 1 is 0.909 bits per heavy atom. The van der Waals surface area contributed by atoms with E-state index in [0.717, 1.165) is 15.6 Å². The number of imide groups is 1. The molecule has 0 spiro atoms. The first-order valence-electron chi connectivity index (χ1n) is 10.5. The minimum Gasteiger partial charge on any atom is -0.356 e. The molecule has 1 atom stereocenters. The van der Waals surface area contributed by atoms with Crippen molar-refractivity contribution in [1.29, 1.82) is 0 Å². The summed E-state index contributed by atoms with van der Waals surface area (Å²) in [5, 5.41) is 11.1. The summed E-state index contributed by atoms with van der Waals surface area (Å²) in [6.07, 6.45) is 0.106. The Morgan fingerprint density at radius 2 is 1.58 bits per heavy atom. The maximum atomic E-state index is 13.2. The van der Waals surface area contributed by atoms with Crippen LogP contribution in [0.25, 0.3) is 0 Å². The lowest BCUT2D eigenvalue weighted by Gasteiger charge is -2.22. The van der Waals surface area contributed by atoms with Crippen LogP contribution in [0.15, 0.2) is 59.1 Å². The molecular weight excluding hydrogens is 492 g/mol. The molecule has 1 fully saturated rings. The van der Waals surface area contributed by atoms with Gasteiger partial charge in [-0.15, -0.1) is 0 Å². The summed E-state index contributed by atoms with van der Waals surface area (Å²) in [5.74, 6) is -1.29. The molecule has 3 rings (SSSR count). The number of halogens is 1. The average Bonchev–Trinajstić information content (AvgIpc) is 3.03. The zero-order valence-corrected chi connectivity index (χ0v) is 19.5. The zero-order chi connectivity index (χ0) is 23.8. The van der Waals surface area contributed by atoms with Gasteiger partial charge in [-0.05, 0) is 29.7 Å². The Labute approximate surface area is 199 Å². The van der Waals surface area contributed by atoms with E-state index in [1.807, 2.05) is 54.6 Å². The maximum Gasteiger partial charge on any atom is 0.328 e. The summed E-state index contributed by atoms with van der Waals surface area (Å²) < 4.78 is 0.906. The number of hydroxylamine groups is 1. The molecule has 9 nitrogen and oxygen atoms in total. The smallest absolute Gasteiger partial charge is 0.328 e. The molecule has 0 aromatic heterocycles. The highest BCUT2D eigenvalue weighted by atomic mass is 79.9. The number of rotatable bonds is 10. The fourth-order valence-corrected chi connectivity index (χ4v) is 3.84. The first-order valence-corrected chi connectivity index (χ1v) is 11.3. The Bertz CT molecular complexity index is 1000. The minimum atomic E-state index is -0.767. The average molecular weight is 517 g/mol. The van der Waals surface area contributed by atoms with E-state index in [9.17, 15) is 19.2 Å². The number of benzene rings is 2. The van der Waals surface area contributed by atoms with Crippen LogP contribution in [0.2, 0.25) is 0 Å². The molecule has 0 aliphatic carbocycles. The van der Waals surface area contributed by atoms with Crippen molar-refractivity contribution in [3.63, 3.8) is 0 Å². The minimum absolute atomic E-state index is 0.0143. The van der Waals surface area contributed by atoms with Gasteiger partial charge < -0.3 is 10.2 Å². The molecule has 0 bridgehead atoms. The lowest BCUT2D eigenvalue weighted by molar-refractivity contribution is -0.129. The molecule has 10 heteroatoms. The van der Waals surface area contributed by atoms with Crippen molar-refractivity contribution >= 4 is 39.7 Å². The zero-order valence-electron chi connectivity index (χ0n) is 17.9. The molecule has 1 aliphatic rings. The lowest BCUT2D eigenvalue weighted by Crippen LogP contribution is -2.36. The predicted octanol–water partition coefficient (Wildman–Crippen LogP) is 2.57. The van der Waals surface area contributed by atoms with Crippen LogP contribution >= 0.6 is 15.9 Å². The molecule has 1 saturated heterocycles. The van der Waals surface area contributed by atoms with Crippen LogP contribution in [-0.2, 0) is 27.5 Å². The van der Waals surface area contributed by atoms with Crippen LogP contribution < -0.4 is 10.8 Å². The van der Waals surface area contributed by atoms with Crippen LogP contribution in [0.3, 0.4) is 0 Å². The van der Waals surface area contributed by atoms with Gasteiger partial charge in [0.25, 0.3) is 5.91 Å². The van der Waals surface area contributed by atoms with E-state index in [0.29, 0.717) is 0 Å². The van der Waals surface area contributed by atoms with Crippen molar-refractivity contribution < 1.29 is 24.4 Å². The monoisotopic (exact) mass is 516 g/mol. The van der Waals surface area contributed by atoms with E-state index < -0.39 is 18.0 Å². The van der Waals surface area contributed by atoms with Crippen molar-refractivity contribution in [2.75, 3.05) is 6.54 Å². The normalized spacial score (nSPS) is 15.6. The van der Waals surface area contributed by atoms with Gasteiger partial charge in [-0.1, -0.05) is 58.4 Å². The fraction of sp³-hybridized carbons (Fsp3) is 0.304. The van der Waals surface area contributed by atoms with Crippen molar-refractivity contribution in [2.45, 2.75) is 38.4 Å². The van der Waals surface area contributed by atoms with Gasteiger partial charge in [0.2, 0.25) is 11.8 Å². The van der Waals surface area contributed by atoms with Crippen LogP contribution in [0, 0.1) is 0 Å². The van der Waals surface area contributed by atoms with Crippen molar-refractivity contribution in [1.82, 2.24) is 20.6 Å². The number of hydrogen-bond acceptors (Lipinski definition) is 5. The molecule has 2 aromatic carbocycles. The molecule has 1 heterocycles. The van der Waals surface area contributed by atoms with Gasteiger partial charge in [0.1, 0.15) is 6.04 Å². The van der Waals surface area contributed by atoms with E-state index in [4.69, 9.17) is 5.21 Å². The molecular formula is C23H25BrN4O5. The third-order valence-corrected chi connectivity index (χ3v) is 5.83. The Balaban J connectivity index is 1.70. The van der Waals surface area contributed by atoms with Crippen LogP contribution in [-0.4, -0.2) is 51.3 Å². The second kappa shape index (κ2) is 11.6. The predicted molar refractivity (Wildman–Crippen MR) is 123 cm³/mol. The number of nitrogens with one attached hydrogen (secondary N) is 2. The molecule has 1 aliphatic heterocycles. The number of urea groups is 1.